The van der Waals surface area contributed by atoms with E-state index in [4.69, 9.17) is 0 Å². The number of nitrogens with zero attached hydrogens (tertiary/aromatic N) is 4. The molecule has 2 rings (SSSR count). The average Bonchev–Trinajstić information content (AvgIpc) is 2.93. The van der Waals surface area contributed by atoms with Crippen molar-refractivity contribution in [3.8, 4) is 0 Å². The molecule has 1 aromatic heterocycles. The van der Waals surface area contributed by atoms with Crippen LogP contribution in [0.5, 0.6) is 0 Å². The Morgan fingerprint density at radius 1 is 1.32 bits per heavy atom. The maximum Gasteiger partial charge on any atom is 0.230 e. The first-order chi connectivity index (χ1) is 10.5. The molecule has 1 aliphatic rings. The minimum atomic E-state index is 0.0486. The molecular weight excluding hydrogens is 298 g/mol. The number of tetrazole rings is 1. The quantitative estimate of drug-likeness (QED) is 0.814. The van der Waals surface area contributed by atoms with Gasteiger partial charge in [0.05, 0.1) is 11.8 Å². The summed E-state index contributed by atoms with van der Waals surface area (Å²) in [5, 5.41) is 15.7. The van der Waals surface area contributed by atoms with Gasteiger partial charge in [-0.15, -0.1) is 5.10 Å². The second-order valence-corrected chi connectivity index (χ2v) is 8.09. The summed E-state index contributed by atoms with van der Waals surface area (Å²) in [6.07, 6.45) is 7.02. The van der Waals surface area contributed by atoms with Gasteiger partial charge in [0.15, 0.2) is 0 Å². The number of hydrogen-bond donors (Lipinski definition) is 1. The second-order valence-electron chi connectivity index (χ2n) is 7.15. The average molecular weight is 325 g/mol. The van der Waals surface area contributed by atoms with E-state index in [2.05, 4.69) is 41.6 Å². The van der Waals surface area contributed by atoms with Crippen molar-refractivity contribution in [1.29, 1.82) is 0 Å². The van der Waals surface area contributed by atoms with Crippen LogP contribution in [0.15, 0.2) is 5.16 Å². The van der Waals surface area contributed by atoms with Gasteiger partial charge < -0.3 is 5.32 Å². The molecule has 0 spiro atoms. The van der Waals surface area contributed by atoms with Gasteiger partial charge in [0.2, 0.25) is 11.1 Å². The minimum absolute atomic E-state index is 0.0486. The highest BCUT2D eigenvalue weighted by atomic mass is 32.2. The van der Waals surface area contributed by atoms with E-state index in [9.17, 15) is 4.79 Å². The van der Waals surface area contributed by atoms with E-state index < -0.39 is 0 Å². The van der Waals surface area contributed by atoms with Crippen molar-refractivity contribution >= 4 is 17.7 Å². The van der Waals surface area contributed by atoms with E-state index in [0.29, 0.717) is 11.8 Å². The molecule has 0 bridgehead atoms. The second kappa shape index (κ2) is 7.94. The Morgan fingerprint density at radius 3 is 2.73 bits per heavy atom. The molecule has 1 N–H and O–H groups in total. The number of amides is 1. The smallest absolute Gasteiger partial charge is 0.230 e. The van der Waals surface area contributed by atoms with Crippen molar-refractivity contribution in [3.05, 3.63) is 0 Å². The monoisotopic (exact) mass is 325 g/mol. The summed E-state index contributed by atoms with van der Waals surface area (Å²) < 4.78 is 1.91. The number of rotatable bonds is 6. The van der Waals surface area contributed by atoms with Crippen molar-refractivity contribution in [1.82, 2.24) is 25.5 Å². The summed E-state index contributed by atoms with van der Waals surface area (Å²) in [6, 6.07) is 0.398. The summed E-state index contributed by atoms with van der Waals surface area (Å²) in [5.74, 6) is 0.421. The van der Waals surface area contributed by atoms with Gasteiger partial charge in [-0.05, 0) is 35.1 Å². The van der Waals surface area contributed by atoms with Gasteiger partial charge in [-0.3, -0.25) is 4.79 Å². The highest BCUT2D eigenvalue weighted by Crippen LogP contribution is 2.30. The standard InChI is InChI=1S/C15H27N5OS/c1-15(2,3)9-10-16-13(21)11-22-14-17-18-19-20(14)12-7-5-4-6-8-12/h12H,4-11H2,1-3H3,(H,16,21). The Bertz CT molecular complexity index is 477. The van der Waals surface area contributed by atoms with E-state index in [-0.39, 0.29) is 11.3 Å². The van der Waals surface area contributed by atoms with Crippen molar-refractivity contribution in [3.63, 3.8) is 0 Å². The van der Waals surface area contributed by atoms with Crippen LogP contribution in [0.1, 0.15) is 65.3 Å². The van der Waals surface area contributed by atoms with Crippen LogP contribution in [0, 0.1) is 5.41 Å². The molecule has 1 heterocycles. The summed E-state index contributed by atoms with van der Waals surface area (Å²) in [6.45, 7) is 7.24. The summed E-state index contributed by atoms with van der Waals surface area (Å²) in [4.78, 5) is 11.9. The Morgan fingerprint density at radius 2 is 2.05 bits per heavy atom. The predicted molar refractivity (Wildman–Crippen MR) is 87.7 cm³/mol. The SMILES string of the molecule is CC(C)(C)CCNC(=O)CSc1nnnn1C1CCCCC1. The fourth-order valence-corrected chi connectivity index (χ4v) is 3.37. The molecule has 1 saturated carbocycles. The van der Waals surface area contributed by atoms with Crippen LogP contribution < -0.4 is 5.32 Å². The number of carbonyl (C=O) groups is 1. The van der Waals surface area contributed by atoms with Crippen molar-refractivity contribution in [2.75, 3.05) is 12.3 Å². The van der Waals surface area contributed by atoms with Crippen LogP contribution in [0.2, 0.25) is 0 Å². The number of carbonyl (C=O) groups excluding carboxylic acids is 1. The van der Waals surface area contributed by atoms with Crippen LogP contribution in [0.3, 0.4) is 0 Å². The van der Waals surface area contributed by atoms with Gasteiger partial charge >= 0.3 is 0 Å². The van der Waals surface area contributed by atoms with E-state index in [1.165, 1.54) is 31.0 Å². The van der Waals surface area contributed by atoms with E-state index in [0.717, 1.165) is 31.0 Å². The largest absolute Gasteiger partial charge is 0.355 e. The van der Waals surface area contributed by atoms with Crippen LogP contribution in [-0.4, -0.2) is 38.4 Å². The first-order valence-corrected chi connectivity index (χ1v) is 9.12. The van der Waals surface area contributed by atoms with Crippen molar-refractivity contribution in [2.24, 2.45) is 5.41 Å². The summed E-state index contributed by atoms with van der Waals surface area (Å²) >= 11 is 1.43. The highest BCUT2D eigenvalue weighted by Gasteiger charge is 2.20. The Balaban J connectivity index is 1.77. The molecule has 0 aromatic carbocycles. The van der Waals surface area contributed by atoms with Crippen LogP contribution in [0.4, 0.5) is 0 Å². The normalized spacial score (nSPS) is 16.7. The lowest BCUT2D eigenvalue weighted by molar-refractivity contribution is -0.118. The molecule has 1 amide bonds. The third-order valence-electron chi connectivity index (χ3n) is 3.91. The molecule has 1 aliphatic carbocycles. The van der Waals surface area contributed by atoms with Gasteiger partial charge in [0.25, 0.3) is 0 Å². The van der Waals surface area contributed by atoms with Gasteiger partial charge in [-0.2, -0.15) is 0 Å². The molecule has 22 heavy (non-hydrogen) atoms. The minimum Gasteiger partial charge on any atom is -0.355 e. The lowest BCUT2D eigenvalue weighted by Crippen LogP contribution is -2.28. The zero-order chi connectivity index (χ0) is 16.0. The molecule has 124 valence electrons. The lowest BCUT2D eigenvalue weighted by Gasteiger charge is -2.22. The fraction of sp³-hybridized carbons (Fsp3) is 0.867. The Hall–Kier alpha value is -1.11. The third kappa shape index (κ3) is 5.59. The van der Waals surface area contributed by atoms with Crippen LogP contribution >= 0.6 is 11.8 Å². The van der Waals surface area contributed by atoms with Gasteiger partial charge in [0, 0.05) is 6.54 Å². The van der Waals surface area contributed by atoms with Gasteiger partial charge in [-0.1, -0.05) is 51.8 Å². The zero-order valence-electron chi connectivity index (χ0n) is 13.8. The van der Waals surface area contributed by atoms with E-state index in [1.54, 1.807) is 0 Å². The molecule has 1 aromatic rings. The van der Waals surface area contributed by atoms with E-state index >= 15 is 0 Å². The molecular formula is C15H27N5OS. The zero-order valence-corrected chi connectivity index (χ0v) is 14.7. The first kappa shape index (κ1) is 17.2. The molecule has 0 radical (unpaired) electrons. The van der Waals surface area contributed by atoms with Gasteiger partial charge in [-0.25, -0.2) is 4.68 Å². The van der Waals surface area contributed by atoms with Crippen LogP contribution in [-0.2, 0) is 4.79 Å². The van der Waals surface area contributed by atoms with Crippen molar-refractivity contribution in [2.45, 2.75) is 70.5 Å². The molecule has 6 nitrogen and oxygen atoms in total. The number of hydrogen-bond acceptors (Lipinski definition) is 5. The molecule has 0 aliphatic heterocycles. The summed E-state index contributed by atoms with van der Waals surface area (Å²) in [5.41, 5.74) is 0.242. The topological polar surface area (TPSA) is 72.7 Å². The maximum absolute atomic E-state index is 11.9. The predicted octanol–water partition coefficient (Wildman–Crippen LogP) is 2.82. The molecule has 7 heteroatoms. The van der Waals surface area contributed by atoms with Gasteiger partial charge in [0.1, 0.15) is 0 Å². The molecule has 0 saturated heterocycles. The molecule has 0 unspecified atom stereocenters. The Labute approximate surface area is 136 Å². The summed E-state index contributed by atoms with van der Waals surface area (Å²) in [7, 11) is 0. The fourth-order valence-electron chi connectivity index (χ4n) is 2.59. The van der Waals surface area contributed by atoms with Crippen molar-refractivity contribution < 1.29 is 4.79 Å². The molecule has 1 fully saturated rings. The first-order valence-electron chi connectivity index (χ1n) is 8.13. The lowest BCUT2D eigenvalue weighted by atomic mass is 9.92. The van der Waals surface area contributed by atoms with Crippen LogP contribution in [0.25, 0.3) is 0 Å². The Kier molecular flexibility index (Phi) is 6.23. The van der Waals surface area contributed by atoms with E-state index in [1.807, 2.05) is 4.68 Å². The highest BCUT2D eigenvalue weighted by molar-refractivity contribution is 7.99. The number of nitrogens with one attached hydrogen (secondary N) is 1. The number of thioether (sulfide) groups is 1. The molecule has 0 atom stereocenters. The number of aromatic nitrogens is 4. The maximum atomic E-state index is 11.9. The third-order valence-corrected chi connectivity index (χ3v) is 4.85.